The second-order valence-electron chi connectivity index (χ2n) is 3.15. The highest BCUT2D eigenvalue weighted by Crippen LogP contribution is 2.36. The predicted octanol–water partition coefficient (Wildman–Crippen LogP) is 2.93. The van der Waals surface area contributed by atoms with Crippen LogP contribution in [0.15, 0.2) is 27.8 Å². The SMILES string of the molecule is [N-]=[N+]=NCC1CNc2cccc(Br)c2O1. The van der Waals surface area contributed by atoms with Gasteiger partial charge < -0.3 is 10.1 Å². The molecular weight excluding hydrogens is 260 g/mol. The van der Waals surface area contributed by atoms with Gasteiger partial charge in [-0.25, -0.2) is 0 Å². The van der Waals surface area contributed by atoms with Crippen LogP contribution in [-0.4, -0.2) is 19.2 Å². The van der Waals surface area contributed by atoms with Gasteiger partial charge in [0.05, 0.1) is 23.2 Å². The van der Waals surface area contributed by atoms with Gasteiger partial charge in [0.2, 0.25) is 0 Å². The van der Waals surface area contributed by atoms with E-state index in [-0.39, 0.29) is 6.10 Å². The molecule has 0 aliphatic carbocycles. The van der Waals surface area contributed by atoms with E-state index in [2.05, 4.69) is 31.3 Å². The molecule has 1 aromatic carbocycles. The molecule has 1 aromatic rings. The van der Waals surface area contributed by atoms with Crippen molar-refractivity contribution in [2.24, 2.45) is 5.11 Å². The standard InChI is InChI=1S/C9H9BrN4O/c10-7-2-1-3-8-9(7)15-6(4-12-8)5-13-14-11/h1-3,6,12H,4-5H2. The Bertz CT molecular complexity index is 417. The van der Waals surface area contributed by atoms with Gasteiger partial charge in [0.25, 0.3) is 0 Å². The number of halogens is 1. The average molecular weight is 269 g/mol. The second-order valence-corrected chi connectivity index (χ2v) is 4.01. The number of para-hydroxylation sites is 1. The third kappa shape index (κ3) is 2.16. The van der Waals surface area contributed by atoms with Crippen LogP contribution in [0.5, 0.6) is 5.75 Å². The first kappa shape index (κ1) is 10.1. The van der Waals surface area contributed by atoms with Gasteiger partial charge >= 0.3 is 0 Å². The molecule has 0 amide bonds. The van der Waals surface area contributed by atoms with E-state index in [1.54, 1.807) is 0 Å². The summed E-state index contributed by atoms with van der Waals surface area (Å²) in [5, 5.41) is 6.72. The fourth-order valence-corrected chi connectivity index (χ4v) is 1.89. The Morgan fingerprint density at radius 1 is 1.67 bits per heavy atom. The van der Waals surface area contributed by atoms with Crippen molar-refractivity contribution < 1.29 is 4.74 Å². The minimum absolute atomic E-state index is 0.105. The van der Waals surface area contributed by atoms with Gasteiger partial charge in [-0.05, 0) is 33.6 Å². The summed E-state index contributed by atoms with van der Waals surface area (Å²) < 4.78 is 6.59. The molecule has 1 unspecified atom stereocenters. The fourth-order valence-electron chi connectivity index (χ4n) is 1.43. The van der Waals surface area contributed by atoms with E-state index in [9.17, 15) is 0 Å². The summed E-state index contributed by atoms with van der Waals surface area (Å²) in [6.07, 6.45) is -0.105. The Labute approximate surface area is 95.2 Å². The van der Waals surface area contributed by atoms with Crippen molar-refractivity contribution in [3.8, 4) is 5.75 Å². The first-order chi connectivity index (χ1) is 7.31. The molecule has 1 aliphatic heterocycles. The number of rotatable bonds is 2. The van der Waals surface area contributed by atoms with Gasteiger partial charge in [0.15, 0.2) is 5.75 Å². The molecule has 5 nitrogen and oxygen atoms in total. The van der Waals surface area contributed by atoms with Crippen molar-refractivity contribution in [1.29, 1.82) is 0 Å². The molecule has 0 saturated heterocycles. The van der Waals surface area contributed by atoms with E-state index >= 15 is 0 Å². The van der Waals surface area contributed by atoms with Gasteiger partial charge in [-0.1, -0.05) is 11.2 Å². The summed E-state index contributed by atoms with van der Waals surface area (Å²) in [6.45, 7) is 0.993. The number of nitrogens with one attached hydrogen (secondary N) is 1. The van der Waals surface area contributed by atoms with Gasteiger partial charge in [-0.15, -0.1) is 0 Å². The van der Waals surface area contributed by atoms with E-state index < -0.39 is 0 Å². The maximum Gasteiger partial charge on any atom is 0.157 e. The lowest BCUT2D eigenvalue weighted by atomic mass is 10.2. The highest BCUT2D eigenvalue weighted by molar-refractivity contribution is 9.10. The maximum atomic E-state index is 8.22. The summed E-state index contributed by atoms with van der Waals surface area (Å²) >= 11 is 3.41. The molecule has 2 rings (SSSR count). The number of fused-ring (bicyclic) bond motifs is 1. The number of azide groups is 1. The third-order valence-corrected chi connectivity index (χ3v) is 2.74. The Hall–Kier alpha value is -1.39. The highest BCUT2D eigenvalue weighted by Gasteiger charge is 2.20. The topological polar surface area (TPSA) is 70.0 Å². The Morgan fingerprint density at radius 3 is 3.33 bits per heavy atom. The molecule has 6 heteroatoms. The van der Waals surface area contributed by atoms with Crippen molar-refractivity contribution in [3.63, 3.8) is 0 Å². The quantitative estimate of drug-likeness (QED) is 0.509. The van der Waals surface area contributed by atoms with Crippen LogP contribution in [0.4, 0.5) is 5.69 Å². The van der Waals surface area contributed by atoms with Gasteiger partial charge in [-0.2, -0.15) is 0 Å². The zero-order chi connectivity index (χ0) is 10.7. The lowest BCUT2D eigenvalue weighted by Gasteiger charge is -2.27. The van der Waals surface area contributed by atoms with E-state index in [4.69, 9.17) is 10.3 Å². The average Bonchev–Trinajstić information content (AvgIpc) is 2.27. The van der Waals surface area contributed by atoms with E-state index in [0.717, 1.165) is 15.9 Å². The predicted molar refractivity (Wildman–Crippen MR) is 61.1 cm³/mol. The first-order valence-corrected chi connectivity index (χ1v) is 5.30. The van der Waals surface area contributed by atoms with E-state index in [0.29, 0.717) is 13.1 Å². The van der Waals surface area contributed by atoms with E-state index in [1.807, 2.05) is 18.2 Å². The maximum absolute atomic E-state index is 8.22. The largest absolute Gasteiger partial charge is 0.485 e. The molecule has 1 aliphatic rings. The van der Waals surface area contributed by atoms with E-state index in [1.165, 1.54) is 0 Å². The second kappa shape index (κ2) is 4.42. The van der Waals surface area contributed by atoms with Gasteiger partial charge in [-0.3, -0.25) is 0 Å². The van der Waals surface area contributed by atoms with Crippen LogP contribution in [0.25, 0.3) is 10.4 Å². The van der Waals surface area contributed by atoms with Crippen molar-refractivity contribution in [2.45, 2.75) is 6.10 Å². The summed E-state index contributed by atoms with van der Waals surface area (Å²) in [5.41, 5.74) is 9.18. The molecule has 0 spiro atoms. The molecule has 1 N–H and O–H groups in total. The lowest BCUT2D eigenvalue weighted by molar-refractivity contribution is 0.212. The van der Waals surface area contributed by atoms with Crippen LogP contribution in [0.1, 0.15) is 0 Å². The number of hydrogen-bond acceptors (Lipinski definition) is 3. The molecule has 78 valence electrons. The Kier molecular flexibility index (Phi) is 2.99. The summed E-state index contributed by atoms with van der Waals surface area (Å²) in [6, 6.07) is 5.80. The molecule has 0 radical (unpaired) electrons. The smallest absolute Gasteiger partial charge is 0.157 e. The molecule has 0 bridgehead atoms. The Balaban J connectivity index is 2.18. The molecule has 0 fully saturated rings. The van der Waals surface area contributed by atoms with Crippen molar-refractivity contribution in [2.75, 3.05) is 18.4 Å². The van der Waals surface area contributed by atoms with Crippen LogP contribution >= 0.6 is 15.9 Å². The monoisotopic (exact) mass is 268 g/mol. The molecule has 0 saturated carbocycles. The summed E-state index contributed by atoms with van der Waals surface area (Å²) in [5.74, 6) is 0.780. The molecular formula is C9H9BrN4O. The van der Waals surface area contributed by atoms with Gasteiger partial charge in [0, 0.05) is 4.91 Å². The van der Waals surface area contributed by atoms with Crippen LogP contribution < -0.4 is 10.1 Å². The van der Waals surface area contributed by atoms with Crippen molar-refractivity contribution >= 4 is 21.6 Å². The molecule has 1 atom stereocenters. The van der Waals surface area contributed by atoms with Crippen LogP contribution in [0, 0.1) is 0 Å². The normalized spacial score (nSPS) is 18.1. The van der Waals surface area contributed by atoms with Crippen LogP contribution in [-0.2, 0) is 0 Å². The number of anilines is 1. The molecule has 1 heterocycles. The minimum Gasteiger partial charge on any atom is -0.485 e. The number of benzene rings is 1. The minimum atomic E-state index is -0.105. The number of ether oxygens (including phenoxy) is 1. The zero-order valence-corrected chi connectivity index (χ0v) is 9.44. The Morgan fingerprint density at radius 2 is 2.53 bits per heavy atom. The van der Waals surface area contributed by atoms with Crippen molar-refractivity contribution in [1.82, 2.24) is 0 Å². The third-order valence-electron chi connectivity index (χ3n) is 2.12. The molecule has 15 heavy (non-hydrogen) atoms. The summed E-state index contributed by atoms with van der Waals surface area (Å²) in [7, 11) is 0. The lowest BCUT2D eigenvalue weighted by Crippen LogP contribution is -2.33. The fraction of sp³-hybridized carbons (Fsp3) is 0.333. The van der Waals surface area contributed by atoms with Crippen LogP contribution in [0.3, 0.4) is 0 Å². The number of hydrogen-bond donors (Lipinski definition) is 1. The zero-order valence-electron chi connectivity index (χ0n) is 7.85. The highest BCUT2D eigenvalue weighted by atomic mass is 79.9. The summed E-state index contributed by atoms with van der Waals surface area (Å²) in [4.78, 5) is 2.71. The number of nitrogens with zero attached hydrogens (tertiary/aromatic N) is 3. The first-order valence-electron chi connectivity index (χ1n) is 4.51. The van der Waals surface area contributed by atoms with Crippen LogP contribution in [0.2, 0.25) is 0 Å². The van der Waals surface area contributed by atoms with Crippen molar-refractivity contribution in [3.05, 3.63) is 33.1 Å². The molecule has 0 aromatic heterocycles. The van der Waals surface area contributed by atoms with Gasteiger partial charge in [0.1, 0.15) is 6.10 Å².